The summed E-state index contributed by atoms with van der Waals surface area (Å²) in [6, 6.07) is 5.34. The molecule has 0 radical (unpaired) electrons. The molecule has 0 bridgehead atoms. The Kier molecular flexibility index (Phi) is 6.45. The first kappa shape index (κ1) is 20.4. The topological polar surface area (TPSA) is 68.0 Å². The van der Waals surface area contributed by atoms with Gasteiger partial charge in [-0.1, -0.05) is 69.9 Å². The van der Waals surface area contributed by atoms with E-state index in [-0.39, 0.29) is 23.3 Å². The molecule has 6 heteroatoms. The van der Waals surface area contributed by atoms with Crippen molar-refractivity contribution in [2.24, 2.45) is 11.3 Å². The van der Waals surface area contributed by atoms with Gasteiger partial charge in [0.15, 0.2) is 0 Å². The van der Waals surface area contributed by atoms with Gasteiger partial charge in [0.2, 0.25) is 17.6 Å². The largest absolute Gasteiger partial charge is 0.344 e. The zero-order valence-corrected chi connectivity index (χ0v) is 17.1. The van der Waals surface area contributed by atoms with Crippen molar-refractivity contribution >= 4 is 17.5 Å². The number of hydrogen-bond acceptors (Lipinski definition) is 4. The highest BCUT2D eigenvalue weighted by Gasteiger charge is 2.28. The number of aromatic nitrogens is 2. The Morgan fingerprint density at radius 3 is 2.62 bits per heavy atom. The predicted octanol–water partition coefficient (Wildman–Crippen LogP) is 5.34. The smallest absolute Gasteiger partial charge is 0.249 e. The molecule has 0 aliphatic heterocycles. The van der Waals surface area contributed by atoms with E-state index >= 15 is 0 Å². The average Bonchev–Trinajstić information content (AvgIpc) is 3.02. The number of hydrogen-bond donors (Lipinski definition) is 1. The maximum absolute atomic E-state index is 12.4. The van der Waals surface area contributed by atoms with Gasteiger partial charge in [-0.2, -0.15) is 4.98 Å². The van der Waals surface area contributed by atoms with Crippen molar-refractivity contribution in [3.63, 3.8) is 0 Å². The van der Waals surface area contributed by atoms with Crippen LogP contribution in [-0.4, -0.2) is 16.0 Å². The highest BCUT2D eigenvalue weighted by Crippen LogP contribution is 2.28. The van der Waals surface area contributed by atoms with Crippen molar-refractivity contribution in [2.75, 3.05) is 0 Å². The van der Waals surface area contributed by atoms with Crippen LogP contribution in [0.4, 0.5) is 0 Å². The Morgan fingerprint density at radius 1 is 1.35 bits per heavy atom. The van der Waals surface area contributed by atoms with Crippen LogP contribution in [0.15, 0.2) is 22.7 Å². The summed E-state index contributed by atoms with van der Waals surface area (Å²) in [5.41, 5.74) is 1.70. The molecule has 0 fully saturated rings. The molecule has 2 rings (SSSR count). The average molecular weight is 378 g/mol. The molecule has 0 unspecified atom stereocenters. The Balaban J connectivity index is 2.25. The van der Waals surface area contributed by atoms with Crippen molar-refractivity contribution in [3.05, 3.63) is 34.7 Å². The Morgan fingerprint density at radius 2 is 2.04 bits per heavy atom. The summed E-state index contributed by atoms with van der Waals surface area (Å²) in [5.74, 6) is 1.06. The van der Waals surface area contributed by atoms with Crippen molar-refractivity contribution in [1.82, 2.24) is 15.5 Å². The summed E-state index contributed by atoms with van der Waals surface area (Å²) in [7, 11) is 0. The van der Waals surface area contributed by atoms with Gasteiger partial charge in [-0.05, 0) is 29.9 Å². The number of benzene rings is 1. The van der Waals surface area contributed by atoms with E-state index in [2.05, 4.69) is 29.3 Å². The number of nitrogens with zero attached hydrogens (tertiary/aromatic N) is 2. The molecule has 1 N–H and O–H groups in total. The van der Waals surface area contributed by atoms with Crippen molar-refractivity contribution in [2.45, 2.75) is 60.4 Å². The first-order chi connectivity index (χ1) is 12.1. The number of aryl methyl sites for hydroxylation is 1. The summed E-state index contributed by atoms with van der Waals surface area (Å²) in [6.07, 6.45) is 1.32. The highest BCUT2D eigenvalue weighted by molar-refractivity contribution is 6.31. The lowest BCUT2D eigenvalue weighted by Crippen LogP contribution is -2.34. The Bertz CT molecular complexity index is 765. The molecule has 0 aliphatic carbocycles. The quantitative estimate of drug-likeness (QED) is 0.737. The minimum Gasteiger partial charge on any atom is -0.344 e. The van der Waals surface area contributed by atoms with E-state index in [0.29, 0.717) is 23.2 Å². The molecule has 0 aliphatic rings. The summed E-state index contributed by atoms with van der Waals surface area (Å²) in [4.78, 5) is 16.9. The van der Waals surface area contributed by atoms with Crippen LogP contribution in [0.1, 0.15) is 65.0 Å². The van der Waals surface area contributed by atoms with Crippen LogP contribution in [0.5, 0.6) is 0 Å². The third kappa shape index (κ3) is 5.31. The van der Waals surface area contributed by atoms with Crippen LogP contribution in [0, 0.1) is 18.3 Å². The molecule has 0 saturated carbocycles. The molecular formula is C20H28ClN3O2. The van der Waals surface area contributed by atoms with Gasteiger partial charge in [0.1, 0.15) is 6.04 Å². The normalized spacial score (nSPS) is 14.1. The van der Waals surface area contributed by atoms with Gasteiger partial charge in [0.25, 0.3) is 0 Å². The van der Waals surface area contributed by atoms with Gasteiger partial charge in [-0.3, -0.25) is 4.79 Å². The predicted molar refractivity (Wildman–Crippen MR) is 104 cm³/mol. The summed E-state index contributed by atoms with van der Waals surface area (Å²) in [5, 5.41) is 7.80. The van der Waals surface area contributed by atoms with E-state index in [0.717, 1.165) is 17.5 Å². The molecule has 1 heterocycles. The van der Waals surface area contributed by atoms with E-state index in [1.807, 2.05) is 45.9 Å². The lowest BCUT2D eigenvalue weighted by Gasteiger charge is -2.23. The standard InChI is InChI=1S/C20H28ClN3O2/c1-7-12(2)17(22-16(25)11-20(4,5)6)19-23-18(24-26-19)14-9-8-13(3)15(21)10-14/h8-10,12,17H,7,11H2,1-6H3,(H,22,25)/t12-,17+/m0/s1. The molecule has 5 nitrogen and oxygen atoms in total. The fourth-order valence-corrected chi connectivity index (χ4v) is 2.78. The number of rotatable bonds is 6. The number of nitrogens with one attached hydrogen (secondary N) is 1. The molecular weight excluding hydrogens is 350 g/mol. The van der Waals surface area contributed by atoms with Crippen LogP contribution in [0.25, 0.3) is 11.4 Å². The van der Waals surface area contributed by atoms with Crippen molar-refractivity contribution in [3.8, 4) is 11.4 Å². The van der Waals surface area contributed by atoms with Crippen LogP contribution >= 0.6 is 11.6 Å². The van der Waals surface area contributed by atoms with Crippen LogP contribution in [0.3, 0.4) is 0 Å². The number of carbonyl (C=O) groups excluding carboxylic acids is 1. The molecule has 26 heavy (non-hydrogen) atoms. The number of halogens is 1. The Labute approximate surface area is 160 Å². The minimum absolute atomic E-state index is 0.0130. The Hall–Kier alpha value is -1.88. The summed E-state index contributed by atoms with van der Waals surface area (Å²) in [6.45, 7) is 12.2. The van der Waals surface area contributed by atoms with Crippen LogP contribution < -0.4 is 5.32 Å². The first-order valence-corrected chi connectivity index (χ1v) is 9.38. The van der Waals surface area contributed by atoms with Crippen LogP contribution in [0.2, 0.25) is 5.02 Å². The van der Waals surface area contributed by atoms with E-state index < -0.39 is 0 Å². The van der Waals surface area contributed by atoms with E-state index in [9.17, 15) is 4.79 Å². The zero-order valence-electron chi connectivity index (χ0n) is 16.4. The summed E-state index contributed by atoms with van der Waals surface area (Å²) >= 11 is 6.19. The first-order valence-electron chi connectivity index (χ1n) is 9.00. The second-order valence-electron chi connectivity index (χ2n) is 8.09. The number of carbonyl (C=O) groups is 1. The second kappa shape index (κ2) is 8.21. The van der Waals surface area contributed by atoms with Crippen molar-refractivity contribution < 1.29 is 9.32 Å². The maximum atomic E-state index is 12.4. The highest BCUT2D eigenvalue weighted by atomic mass is 35.5. The van der Waals surface area contributed by atoms with Crippen LogP contribution in [-0.2, 0) is 4.79 Å². The zero-order chi connectivity index (χ0) is 19.5. The maximum Gasteiger partial charge on any atom is 0.249 e. The number of amides is 1. The van der Waals surface area contributed by atoms with E-state index in [4.69, 9.17) is 16.1 Å². The molecule has 2 aromatic rings. The van der Waals surface area contributed by atoms with Gasteiger partial charge in [-0.25, -0.2) is 0 Å². The fourth-order valence-electron chi connectivity index (χ4n) is 2.60. The molecule has 1 aromatic carbocycles. The molecule has 0 saturated heterocycles. The SMILES string of the molecule is CC[C@H](C)[C@@H](NC(=O)CC(C)(C)C)c1nc(-c2ccc(C)c(Cl)c2)no1. The molecule has 2 atom stereocenters. The third-order valence-corrected chi connectivity index (χ3v) is 4.77. The van der Waals surface area contributed by atoms with E-state index in [1.54, 1.807) is 0 Å². The molecule has 0 spiro atoms. The molecule has 142 valence electrons. The van der Waals surface area contributed by atoms with Gasteiger partial charge in [-0.15, -0.1) is 0 Å². The van der Waals surface area contributed by atoms with Gasteiger partial charge in [0, 0.05) is 17.0 Å². The van der Waals surface area contributed by atoms with Gasteiger partial charge >= 0.3 is 0 Å². The van der Waals surface area contributed by atoms with Gasteiger partial charge in [0.05, 0.1) is 0 Å². The molecule has 1 amide bonds. The second-order valence-corrected chi connectivity index (χ2v) is 8.50. The summed E-state index contributed by atoms with van der Waals surface area (Å²) < 4.78 is 5.49. The van der Waals surface area contributed by atoms with E-state index in [1.165, 1.54) is 0 Å². The minimum atomic E-state index is -0.308. The van der Waals surface area contributed by atoms with Gasteiger partial charge < -0.3 is 9.84 Å². The molecule has 1 aromatic heterocycles. The lowest BCUT2D eigenvalue weighted by atomic mass is 9.91. The fraction of sp³-hybridized carbons (Fsp3) is 0.550. The monoisotopic (exact) mass is 377 g/mol. The van der Waals surface area contributed by atoms with Crippen molar-refractivity contribution in [1.29, 1.82) is 0 Å². The third-order valence-electron chi connectivity index (χ3n) is 4.36. The lowest BCUT2D eigenvalue weighted by molar-refractivity contribution is -0.124.